The van der Waals surface area contributed by atoms with Crippen LogP contribution in [0.5, 0.6) is 0 Å². The standard InChI is InChI=1S/C14H20ClFN2O2S/c1-17-8-5-11-6-9-18(10-7-11)21(19,20)13-4-2-3-12(15)14(13)16/h2-4,11,17H,5-10H2,1H3. The summed E-state index contributed by atoms with van der Waals surface area (Å²) in [6, 6.07) is 4.07. The monoisotopic (exact) mass is 334 g/mol. The third kappa shape index (κ3) is 3.74. The molecule has 4 nitrogen and oxygen atoms in total. The van der Waals surface area contributed by atoms with Crippen LogP contribution in [0.4, 0.5) is 4.39 Å². The van der Waals surface area contributed by atoms with Gasteiger partial charge in [0.2, 0.25) is 10.0 Å². The van der Waals surface area contributed by atoms with E-state index in [4.69, 9.17) is 11.6 Å². The van der Waals surface area contributed by atoms with Gasteiger partial charge in [0.1, 0.15) is 4.90 Å². The quantitative estimate of drug-likeness (QED) is 0.900. The van der Waals surface area contributed by atoms with Crippen molar-refractivity contribution in [3.63, 3.8) is 0 Å². The fourth-order valence-corrected chi connectivity index (χ4v) is 4.40. The second-order valence-electron chi connectivity index (χ2n) is 5.29. The Balaban J connectivity index is 2.10. The van der Waals surface area contributed by atoms with Gasteiger partial charge >= 0.3 is 0 Å². The fraction of sp³-hybridized carbons (Fsp3) is 0.571. The SMILES string of the molecule is CNCCC1CCN(S(=O)(=O)c2cccc(Cl)c2F)CC1. The molecule has 2 rings (SSSR count). The molecule has 0 saturated carbocycles. The third-order valence-corrected chi connectivity index (χ3v) is 6.12. The molecule has 0 spiro atoms. The maximum atomic E-state index is 13.9. The minimum atomic E-state index is -3.80. The number of rotatable bonds is 5. The van der Waals surface area contributed by atoms with E-state index < -0.39 is 15.8 Å². The molecule has 1 aromatic carbocycles. The van der Waals surface area contributed by atoms with Crippen molar-refractivity contribution < 1.29 is 12.8 Å². The van der Waals surface area contributed by atoms with E-state index in [0.717, 1.165) is 25.8 Å². The highest BCUT2D eigenvalue weighted by Gasteiger charge is 2.31. The lowest BCUT2D eigenvalue weighted by molar-refractivity contribution is 0.262. The van der Waals surface area contributed by atoms with Crippen LogP contribution in [0.15, 0.2) is 23.1 Å². The lowest BCUT2D eigenvalue weighted by Gasteiger charge is -2.31. The van der Waals surface area contributed by atoms with Crippen LogP contribution >= 0.6 is 11.6 Å². The topological polar surface area (TPSA) is 49.4 Å². The number of nitrogens with zero attached hydrogens (tertiary/aromatic N) is 1. The van der Waals surface area contributed by atoms with Crippen LogP contribution in [0.3, 0.4) is 0 Å². The molecule has 1 aromatic rings. The number of piperidine rings is 1. The molecule has 1 fully saturated rings. The molecule has 0 aromatic heterocycles. The van der Waals surface area contributed by atoms with Crippen LogP contribution in [0.1, 0.15) is 19.3 Å². The Morgan fingerprint density at radius 3 is 2.67 bits per heavy atom. The number of hydrogen-bond acceptors (Lipinski definition) is 3. The van der Waals surface area contributed by atoms with Gasteiger partial charge in [-0.15, -0.1) is 0 Å². The molecule has 1 aliphatic heterocycles. The van der Waals surface area contributed by atoms with E-state index in [9.17, 15) is 12.8 Å². The van der Waals surface area contributed by atoms with Gasteiger partial charge in [0.25, 0.3) is 0 Å². The Kier molecular flexibility index (Phi) is 5.60. The fourth-order valence-electron chi connectivity index (χ4n) is 2.61. The molecule has 0 radical (unpaired) electrons. The Morgan fingerprint density at radius 1 is 1.38 bits per heavy atom. The van der Waals surface area contributed by atoms with Crippen molar-refractivity contribution in [1.29, 1.82) is 0 Å². The van der Waals surface area contributed by atoms with Crippen molar-refractivity contribution in [3.8, 4) is 0 Å². The van der Waals surface area contributed by atoms with Gasteiger partial charge in [0, 0.05) is 13.1 Å². The Hall–Kier alpha value is -0.690. The van der Waals surface area contributed by atoms with Gasteiger partial charge < -0.3 is 5.32 Å². The van der Waals surface area contributed by atoms with Gasteiger partial charge in [-0.1, -0.05) is 17.7 Å². The van der Waals surface area contributed by atoms with Crippen LogP contribution in [-0.4, -0.2) is 39.4 Å². The molecule has 0 unspecified atom stereocenters. The first kappa shape index (κ1) is 16.7. The van der Waals surface area contributed by atoms with E-state index in [2.05, 4.69) is 5.32 Å². The van der Waals surface area contributed by atoms with E-state index in [1.54, 1.807) is 0 Å². The highest BCUT2D eigenvalue weighted by atomic mass is 35.5. The molecule has 1 N–H and O–H groups in total. The summed E-state index contributed by atoms with van der Waals surface area (Å²) in [5.41, 5.74) is 0. The zero-order valence-corrected chi connectivity index (χ0v) is 13.6. The number of hydrogen-bond donors (Lipinski definition) is 1. The van der Waals surface area contributed by atoms with Crippen LogP contribution in [0.2, 0.25) is 5.02 Å². The van der Waals surface area contributed by atoms with E-state index in [0.29, 0.717) is 19.0 Å². The highest BCUT2D eigenvalue weighted by molar-refractivity contribution is 7.89. The summed E-state index contributed by atoms with van der Waals surface area (Å²) in [6.45, 7) is 1.80. The zero-order valence-electron chi connectivity index (χ0n) is 12.0. The lowest BCUT2D eigenvalue weighted by atomic mass is 9.95. The first-order valence-corrected chi connectivity index (χ1v) is 8.87. The zero-order chi connectivity index (χ0) is 15.5. The van der Waals surface area contributed by atoms with Crippen LogP contribution < -0.4 is 5.32 Å². The highest BCUT2D eigenvalue weighted by Crippen LogP contribution is 2.28. The molecule has 7 heteroatoms. The Labute approximate surface area is 130 Å². The van der Waals surface area contributed by atoms with Gasteiger partial charge in [-0.25, -0.2) is 12.8 Å². The average Bonchev–Trinajstić information content (AvgIpc) is 2.48. The van der Waals surface area contributed by atoms with Crippen LogP contribution in [0, 0.1) is 11.7 Å². The molecule has 1 heterocycles. The maximum Gasteiger partial charge on any atom is 0.246 e. The summed E-state index contributed by atoms with van der Waals surface area (Å²) in [5, 5.41) is 2.93. The Bertz CT molecular complexity index is 587. The average molecular weight is 335 g/mol. The van der Waals surface area contributed by atoms with Crippen molar-refractivity contribution in [2.24, 2.45) is 5.92 Å². The molecule has 1 aliphatic rings. The second kappa shape index (κ2) is 7.05. The number of nitrogens with one attached hydrogen (secondary N) is 1. The van der Waals surface area contributed by atoms with Crippen molar-refractivity contribution in [3.05, 3.63) is 29.0 Å². The largest absolute Gasteiger partial charge is 0.320 e. The molecule has 0 amide bonds. The summed E-state index contributed by atoms with van der Waals surface area (Å²) in [7, 11) is -1.90. The van der Waals surface area contributed by atoms with E-state index in [1.165, 1.54) is 22.5 Å². The van der Waals surface area contributed by atoms with E-state index in [1.807, 2.05) is 7.05 Å². The minimum Gasteiger partial charge on any atom is -0.320 e. The van der Waals surface area contributed by atoms with Gasteiger partial charge in [-0.3, -0.25) is 0 Å². The number of halogens is 2. The van der Waals surface area contributed by atoms with Crippen LogP contribution in [-0.2, 0) is 10.0 Å². The summed E-state index contributed by atoms with van der Waals surface area (Å²) < 4.78 is 40.3. The van der Waals surface area contributed by atoms with Crippen LogP contribution in [0.25, 0.3) is 0 Å². The molecule has 0 bridgehead atoms. The molecule has 1 saturated heterocycles. The molecule has 21 heavy (non-hydrogen) atoms. The first-order valence-electron chi connectivity index (χ1n) is 7.05. The maximum absolute atomic E-state index is 13.9. The number of sulfonamides is 1. The predicted molar refractivity (Wildman–Crippen MR) is 81.4 cm³/mol. The van der Waals surface area contributed by atoms with E-state index >= 15 is 0 Å². The lowest BCUT2D eigenvalue weighted by Crippen LogP contribution is -2.39. The summed E-state index contributed by atoms with van der Waals surface area (Å²) in [6.07, 6.45) is 2.65. The second-order valence-corrected chi connectivity index (χ2v) is 7.61. The van der Waals surface area contributed by atoms with Crippen molar-refractivity contribution in [2.75, 3.05) is 26.7 Å². The first-order chi connectivity index (χ1) is 9.96. The molecular formula is C14H20ClFN2O2S. The van der Waals surface area contributed by atoms with Gasteiger partial charge in [0.05, 0.1) is 5.02 Å². The summed E-state index contributed by atoms with van der Waals surface area (Å²) in [5.74, 6) is -0.343. The van der Waals surface area contributed by atoms with Gasteiger partial charge in [-0.05, 0) is 50.9 Å². The molecular weight excluding hydrogens is 315 g/mol. The summed E-state index contributed by atoms with van der Waals surface area (Å²) >= 11 is 5.67. The predicted octanol–water partition coefficient (Wildman–Crippen LogP) is 2.49. The molecule has 118 valence electrons. The minimum absolute atomic E-state index is 0.167. The smallest absolute Gasteiger partial charge is 0.246 e. The number of benzene rings is 1. The summed E-state index contributed by atoms with van der Waals surface area (Å²) in [4.78, 5) is -0.330. The normalized spacial score (nSPS) is 18.0. The van der Waals surface area contributed by atoms with Crippen molar-refractivity contribution in [1.82, 2.24) is 9.62 Å². The van der Waals surface area contributed by atoms with Gasteiger partial charge in [-0.2, -0.15) is 4.31 Å². The third-order valence-electron chi connectivity index (χ3n) is 3.91. The molecule has 0 atom stereocenters. The van der Waals surface area contributed by atoms with Crippen molar-refractivity contribution in [2.45, 2.75) is 24.2 Å². The van der Waals surface area contributed by atoms with Crippen molar-refractivity contribution >= 4 is 21.6 Å². The van der Waals surface area contributed by atoms with Gasteiger partial charge in [0.15, 0.2) is 5.82 Å². The molecule has 0 aliphatic carbocycles. The Morgan fingerprint density at radius 2 is 2.05 bits per heavy atom. The van der Waals surface area contributed by atoms with E-state index in [-0.39, 0.29) is 9.92 Å².